The highest BCUT2D eigenvalue weighted by atomic mass is 127. The van der Waals surface area contributed by atoms with Gasteiger partial charge in [0.05, 0.1) is 5.69 Å². The Kier molecular flexibility index (Phi) is 7.58. The van der Waals surface area contributed by atoms with Gasteiger partial charge in [-0.05, 0) is 49.9 Å². The van der Waals surface area contributed by atoms with Crippen LogP contribution in [0.15, 0.2) is 29.4 Å². The van der Waals surface area contributed by atoms with Crippen LogP contribution in [0.2, 0.25) is 0 Å². The minimum absolute atomic E-state index is 0. The lowest BCUT2D eigenvalue weighted by atomic mass is 9.94. The number of hydrogen-bond donors (Lipinski definition) is 2. The number of aliphatic imine (C=N–C) groups is 1. The maximum atomic E-state index is 13.3. The minimum Gasteiger partial charge on any atom is -0.353 e. The van der Waals surface area contributed by atoms with Crippen molar-refractivity contribution in [3.63, 3.8) is 0 Å². The third-order valence-corrected chi connectivity index (χ3v) is 4.57. The van der Waals surface area contributed by atoms with Crippen molar-refractivity contribution in [1.29, 1.82) is 0 Å². The van der Waals surface area contributed by atoms with E-state index >= 15 is 0 Å². The molecule has 8 heteroatoms. The second-order valence-electron chi connectivity index (χ2n) is 6.96. The summed E-state index contributed by atoms with van der Waals surface area (Å²) in [6.45, 7) is 4.54. The number of rotatable bonds is 4. The lowest BCUT2D eigenvalue weighted by Gasteiger charge is -2.24. The molecule has 1 aliphatic carbocycles. The first-order valence-corrected chi connectivity index (χ1v) is 8.93. The van der Waals surface area contributed by atoms with Gasteiger partial charge >= 0.3 is 0 Å². The van der Waals surface area contributed by atoms with Crippen molar-refractivity contribution in [2.75, 3.05) is 7.05 Å². The summed E-state index contributed by atoms with van der Waals surface area (Å²) in [4.78, 5) is 4.21. The molecule has 148 valence electrons. The van der Waals surface area contributed by atoms with Crippen LogP contribution in [0.4, 0.5) is 8.78 Å². The molecule has 0 saturated carbocycles. The van der Waals surface area contributed by atoms with Gasteiger partial charge in [-0.25, -0.2) is 8.78 Å². The van der Waals surface area contributed by atoms with E-state index in [4.69, 9.17) is 0 Å². The predicted molar refractivity (Wildman–Crippen MR) is 114 cm³/mol. The molecule has 3 rings (SSSR count). The van der Waals surface area contributed by atoms with Gasteiger partial charge in [-0.1, -0.05) is 0 Å². The number of aryl methyl sites for hydroxylation is 1. The summed E-state index contributed by atoms with van der Waals surface area (Å²) < 4.78 is 28.6. The molecule has 1 aromatic heterocycles. The van der Waals surface area contributed by atoms with Gasteiger partial charge in [0.25, 0.3) is 0 Å². The molecular weight excluding hydrogens is 463 g/mol. The molecule has 2 aromatic rings. The third-order valence-electron chi connectivity index (χ3n) is 4.57. The summed E-state index contributed by atoms with van der Waals surface area (Å²) in [5, 5.41) is 11.2. The number of nitrogens with one attached hydrogen (secondary N) is 2. The van der Waals surface area contributed by atoms with Crippen molar-refractivity contribution in [3.8, 4) is 0 Å². The van der Waals surface area contributed by atoms with Crippen LogP contribution >= 0.6 is 24.0 Å². The fraction of sp³-hybridized carbons (Fsp3) is 0.474. The molecule has 0 amide bonds. The van der Waals surface area contributed by atoms with Gasteiger partial charge in [-0.15, -0.1) is 24.0 Å². The Labute approximate surface area is 175 Å². The number of nitrogens with zero attached hydrogens (tertiary/aromatic N) is 3. The van der Waals surface area contributed by atoms with Crippen LogP contribution in [0, 0.1) is 11.6 Å². The molecule has 2 N–H and O–H groups in total. The van der Waals surface area contributed by atoms with Gasteiger partial charge in [0.2, 0.25) is 0 Å². The van der Waals surface area contributed by atoms with Gasteiger partial charge in [0.15, 0.2) is 5.96 Å². The molecule has 0 bridgehead atoms. The van der Waals surface area contributed by atoms with Gasteiger partial charge in [-0.2, -0.15) is 5.10 Å². The number of benzene rings is 1. The van der Waals surface area contributed by atoms with Crippen molar-refractivity contribution in [2.45, 2.75) is 51.7 Å². The van der Waals surface area contributed by atoms with Crippen molar-refractivity contribution in [3.05, 3.63) is 52.9 Å². The van der Waals surface area contributed by atoms with Crippen LogP contribution in [-0.4, -0.2) is 28.8 Å². The van der Waals surface area contributed by atoms with Gasteiger partial charge in [0, 0.05) is 44.4 Å². The summed E-state index contributed by atoms with van der Waals surface area (Å²) in [5.74, 6) is -0.540. The Morgan fingerprint density at radius 3 is 2.63 bits per heavy atom. The molecule has 0 radical (unpaired) electrons. The van der Waals surface area contributed by atoms with Crippen LogP contribution in [0.3, 0.4) is 0 Å². The molecular formula is C19H26F2IN5. The zero-order valence-corrected chi connectivity index (χ0v) is 18.1. The van der Waals surface area contributed by atoms with E-state index in [-0.39, 0.29) is 30.0 Å². The molecule has 0 fully saturated rings. The molecule has 1 atom stereocenters. The van der Waals surface area contributed by atoms with E-state index in [1.165, 1.54) is 17.7 Å². The molecule has 1 aromatic carbocycles. The average Bonchev–Trinajstić information content (AvgIpc) is 3.01. The molecule has 1 aliphatic rings. The molecule has 5 nitrogen and oxygen atoms in total. The standard InChI is InChI=1S/C19H25F2N5.HI/c1-12(2)26-11-14-4-5-17(9-18(14)25-26)24-19(22-3)23-10-13-6-15(20)8-16(21)7-13;/h6-8,11-12,17H,4-5,9-10H2,1-3H3,(H2,22,23,24);1H. The lowest BCUT2D eigenvalue weighted by Crippen LogP contribution is -2.45. The number of hydrogen-bond acceptors (Lipinski definition) is 2. The summed E-state index contributed by atoms with van der Waals surface area (Å²) in [7, 11) is 1.68. The highest BCUT2D eigenvalue weighted by Crippen LogP contribution is 2.21. The number of guanidine groups is 1. The van der Waals surface area contributed by atoms with Crippen molar-refractivity contribution in [2.24, 2.45) is 4.99 Å². The maximum absolute atomic E-state index is 13.3. The Morgan fingerprint density at radius 1 is 1.30 bits per heavy atom. The van der Waals surface area contributed by atoms with E-state index in [9.17, 15) is 8.78 Å². The number of aromatic nitrogens is 2. The summed E-state index contributed by atoms with van der Waals surface area (Å²) in [5.41, 5.74) is 2.98. The van der Waals surface area contributed by atoms with E-state index in [2.05, 4.69) is 40.8 Å². The van der Waals surface area contributed by atoms with Crippen LogP contribution in [0.5, 0.6) is 0 Å². The van der Waals surface area contributed by atoms with Gasteiger partial charge < -0.3 is 10.6 Å². The Balaban J connectivity index is 0.00000261. The fourth-order valence-corrected chi connectivity index (χ4v) is 3.19. The second-order valence-corrected chi connectivity index (χ2v) is 6.96. The van der Waals surface area contributed by atoms with E-state index in [1.807, 2.05) is 4.68 Å². The quantitative estimate of drug-likeness (QED) is 0.392. The average molecular weight is 489 g/mol. The highest BCUT2D eigenvalue weighted by molar-refractivity contribution is 14.0. The minimum atomic E-state index is -0.578. The molecule has 1 unspecified atom stereocenters. The highest BCUT2D eigenvalue weighted by Gasteiger charge is 2.23. The smallest absolute Gasteiger partial charge is 0.191 e. The van der Waals surface area contributed by atoms with E-state index in [0.717, 1.165) is 31.0 Å². The first-order valence-electron chi connectivity index (χ1n) is 8.93. The largest absolute Gasteiger partial charge is 0.353 e. The first kappa shape index (κ1) is 21.6. The topological polar surface area (TPSA) is 54.2 Å². The van der Waals surface area contributed by atoms with Crippen LogP contribution in [0.25, 0.3) is 0 Å². The molecule has 1 heterocycles. The SMILES string of the molecule is CN=C(NCc1cc(F)cc(F)c1)NC1CCc2cn(C(C)C)nc2C1.I. The normalized spacial score (nSPS) is 16.7. The molecule has 0 saturated heterocycles. The van der Waals surface area contributed by atoms with E-state index < -0.39 is 11.6 Å². The van der Waals surface area contributed by atoms with E-state index in [0.29, 0.717) is 24.1 Å². The summed E-state index contributed by atoms with van der Waals surface area (Å²) in [6.07, 6.45) is 4.95. The van der Waals surface area contributed by atoms with Crippen LogP contribution < -0.4 is 10.6 Å². The molecule has 0 spiro atoms. The van der Waals surface area contributed by atoms with Gasteiger partial charge in [-0.3, -0.25) is 9.67 Å². The second kappa shape index (κ2) is 9.48. The Bertz CT molecular complexity index is 783. The van der Waals surface area contributed by atoms with E-state index in [1.54, 1.807) is 7.05 Å². The fourth-order valence-electron chi connectivity index (χ4n) is 3.19. The lowest BCUT2D eigenvalue weighted by molar-refractivity contribution is 0.499. The van der Waals surface area contributed by atoms with Crippen LogP contribution in [-0.2, 0) is 19.4 Å². The predicted octanol–water partition coefficient (Wildman–Crippen LogP) is 3.58. The van der Waals surface area contributed by atoms with Gasteiger partial charge in [0.1, 0.15) is 11.6 Å². The summed E-state index contributed by atoms with van der Waals surface area (Å²) >= 11 is 0. The first-order chi connectivity index (χ1) is 12.4. The number of halogens is 3. The molecule has 27 heavy (non-hydrogen) atoms. The zero-order chi connectivity index (χ0) is 18.7. The van der Waals surface area contributed by atoms with Crippen molar-refractivity contribution >= 4 is 29.9 Å². The molecule has 0 aliphatic heterocycles. The van der Waals surface area contributed by atoms with Crippen LogP contribution in [0.1, 0.15) is 43.1 Å². The third kappa shape index (κ3) is 5.63. The van der Waals surface area contributed by atoms with Crippen molar-refractivity contribution in [1.82, 2.24) is 20.4 Å². The monoisotopic (exact) mass is 489 g/mol. The Hall–Kier alpha value is -1.71. The number of fused-ring (bicyclic) bond motifs is 1. The maximum Gasteiger partial charge on any atom is 0.191 e. The zero-order valence-electron chi connectivity index (χ0n) is 15.8. The van der Waals surface area contributed by atoms with Crippen molar-refractivity contribution < 1.29 is 8.78 Å². The summed E-state index contributed by atoms with van der Waals surface area (Å²) in [6, 6.07) is 4.08. The Morgan fingerprint density at radius 2 is 2.00 bits per heavy atom.